The molecule has 1 aliphatic carbocycles. The molecule has 3 nitrogen and oxygen atoms in total. The molecule has 122 valence electrons. The minimum atomic E-state index is -0.261. The number of hydrogen-bond donors (Lipinski definition) is 0. The second kappa shape index (κ2) is 7.09. The van der Waals surface area contributed by atoms with Crippen LogP contribution < -0.4 is 0 Å². The molecule has 0 amide bonds. The summed E-state index contributed by atoms with van der Waals surface area (Å²) in [6, 6.07) is 6.32. The van der Waals surface area contributed by atoms with Crippen LogP contribution in [-0.2, 0) is 9.53 Å². The minimum Gasteiger partial charge on any atom is -0.469 e. The highest BCUT2D eigenvalue weighted by Crippen LogP contribution is 2.44. The van der Waals surface area contributed by atoms with Crippen molar-refractivity contribution in [2.75, 3.05) is 7.11 Å². The fraction of sp³-hybridized carbons (Fsp3) is 0.412. The molecular weight excluding hydrogens is 381 g/mol. The first-order valence-corrected chi connectivity index (χ1v) is 9.21. The van der Waals surface area contributed by atoms with Crippen molar-refractivity contribution in [2.24, 2.45) is 5.92 Å². The van der Waals surface area contributed by atoms with Gasteiger partial charge >= 0.3 is 5.97 Å². The van der Waals surface area contributed by atoms with Crippen LogP contribution in [-0.4, -0.2) is 18.1 Å². The minimum absolute atomic E-state index is 0.0797. The Morgan fingerprint density at radius 3 is 2.70 bits per heavy atom. The summed E-state index contributed by atoms with van der Waals surface area (Å²) >= 11 is 5.11. The van der Waals surface area contributed by atoms with Gasteiger partial charge in [-0.2, -0.15) is 0 Å². The highest BCUT2D eigenvalue weighted by atomic mass is 79.9. The Morgan fingerprint density at radius 2 is 2.00 bits per heavy atom. The molecule has 0 N–H and O–H groups in total. The number of carbonyl (C=O) groups excluding carboxylic acids is 1. The monoisotopic (exact) mass is 397 g/mol. The van der Waals surface area contributed by atoms with Crippen molar-refractivity contribution in [3.05, 3.63) is 39.6 Å². The van der Waals surface area contributed by atoms with Gasteiger partial charge in [0.1, 0.15) is 10.8 Å². The van der Waals surface area contributed by atoms with Gasteiger partial charge in [0.2, 0.25) is 0 Å². The van der Waals surface area contributed by atoms with E-state index in [1.165, 1.54) is 30.6 Å². The highest BCUT2D eigenvalue weighted by Gasteiger charge is 2.35. The van der Waals surface area contributed by atoms with E-state index in [0.717, 1.165) is 45.7 Å². The van der Waals surface area contributed by atoms with Crippen LogP contribution >= 0.6 is 27.3 Å². The topological polar surface area (TPSA) is 39.2 Å². The Labute approximate surface area is 147 Å². The molecule has 0 bridgehead atoms. The molecule has 3 rings (SSSR count). The molecule has 0 radical (unpaired) electrons. The van der Waals surface area contributed by atoms with Crippen molar-refractivity contribution in [1.82, 2.24) is 4.98 Å². The molecule has 1 aromatic carbocycles. The van der Waals surface area contributed by atoms with Gasteiger partial charge in [0.05, 0.1) is 22.5 Å². The first-order chi connectivity index (χ1) is 11.1. The zero-order valence-corrected chi connectivity index (χ0v) is 15.1. The molecule has 2 aromatic rings. The lowest BCUT2D eigenvalue weighted by atomic mass is 9.78. The van der Waals surface area contributed by atoms with E-state index in [2.05, 4.69) is 15.9 Å². The van der Waals surface area contributed by atoms with E-state index in [0.29, 0.717) is 0 Å². The summed E-state index contributed by atoms with van der Waals surface area (Å²) < 4.78 is 19.0. The van der Waals surface area contributed by atoms with Crippen molar-refractivity contribution < 1.29 is 13.9 Å². The van der Waals surface area contributed by atoms with E-state index in [4.69, 9.17) is 9.72 Å². The molecule has 1 aliphatic rings. The number of ether oxygens (including phenoxy) is 1. The van der Waals surface area contributed by atoms with Gasteiger partial charge in [0.15, 0.2) is 0 Å². The maximum atomic E-state index is 13.1. The Morgan fingerprint density at radius 1 is 1.30 bits per heavy atom. The number of carbonyl (C=O) groups is 1. The molecule has 1 saturated carbocycles. The van der Waals surface area contributed by atoms with Crippen LogP contribution in [0.25, 0.3) is 10.6 Å². The summed E-state index contributed by atoms with van der Waals surface area (Å²) in [4.78, 5) is 16.8. The number of thiazole rings is 1. The molecule has 2 atom stereocenters. The first-order valence-electron chi connectivity index (χ1n) is 7.60. The quantitative estimate of drug-likeness (QED) is 0.671. The maximum absolute atomic E-state index is 13.1. The Hall–Kier alpha value is -1.27. The van der Waals surface area contributed by atoms with Gasteiger partial charge in [0.25, 0.3) is 0 Å². The Bertz CT molecular complexity index is 701. The number of nitrogens with zero attached hydrogens (tertiary/aromatic N) is 1. The van der Waals surface area contributed by atoms with Crippen LogP contribution in [0.15, 0.2) is 28.1 Å². The van der Waals surface area contributed by atoms with Gasteiger partial charge < -0.3 is 4.74 Å². The third-order valence-electron chi connectivity index (χ3n) is 4.32. The van der Waals surface area contributed by atoms with Crippen molar-refractivity contribution in [3.63, 3.8) is 0 Å². The standard InChI is InChI=1S/C17H17BrFNO2S/c1-22-17(21)13-5-3-2-4-12(13)14-15(18)23-16(20-14)10-6-8-11(19)9-7-10/h6-9,12-13H,2-5H2,1H3. The maximum Gasteiger partial charge on any atom is 0.309 e. The van der Waals surface area contributed by atoms with Crippen LogP contribution in [0.3, 0.4) is 0 Å². The van der Waals surface area contributed by atoms with Crippen molar-refractivity contribution >= 4 is 33.2 Å². The van der Waals surface area contributed by atoms with Crippen LogP contribution in [0.1, 0.15) is 37.3 Å². The molecule has 2 unspecified atom stereocenters. The van der Waals surface area contributed by atoms with Crippen LogP contribution in [0, 0.1) is 11.7 Å². The van der Waals surface area contributed by atoms with E-state index >= 15 is 0 Å². The van der Waals surface area contributed by atoms with E-state index in [1.54, 1.807) is 12.1 Å². The Kier molecular flexibility index (Phi) is 5.11. The predicted octanol–water partition coefficient (Wildman–Crippen LogP) is 5.16. The SMILES string of the molecule is COC(=O)C1CCCCC1c1nc(-c2ccc(F)cc2)sc1Br. The summed E-state index contributed by atoms with van der Waals surface area (Å²) in [5.74, 6) is -0.468. The second-order valence-electron chi connectivity index (χ2n) is 5.71. The van der Waals surface area contributed by atoms with Gasteiger partial charge in [-0.25, -0.2) is 9.37 Å². The largest absolute Gasteiger partial charge is 0.469 e. The number of esters is 1. The molecule has 0 spiro atoms. The van der Waals surface area contributed by atoms with Crippen LogP contribution in [0.4, 0.5) is 4.39 Å². The highest BCUT2D eigenvalue weighted by molar-refractivity contribution is 9.11. The second-order valence-corrected chi connectivity index (χ2v) is 8.02. The average molecular weight is 398 g/mol. The van der Waals surface area contributed by atoms with E-state index in [1.807, 2.05) is 0 Å². The number of hydrogen-bond acceptors (Lipinski definition) is 4. The number of benzene rings is 1. The number of methoxy groups -OCH3 is 1. The number of halogens is 2. The molecule has 23 heavy (non-hydrogen) atoms. The zero-order chi connectivity index (χ0) is 16.4. The zero-order valence-electron chi connectivity index (χ0n) is 12.7. The molecule has 0 saturated heterocycles. The molecule has 0 aliphatic heterocycles. The van der Waals surface area contributed by atoms with Gasteiger partial charge in [-0.1, -0.05) is 12.8 Å². The van der Waals surface area contributed by atoms with Gasteiger partial charge in [0, 0.05) is 11.5 Å². The third-order valence-corrected chi connectivity index (χ3v) is 6.12. The smallest absolute Gasteiger partial charge is 0.309 e. The Balaban J connectivity index is 1.93. The van der Waals surface area contributed by atoms with E-state index in [9.17, 15) is 9.18 Å². The summed E-state index contributed by atoms with van der Waals surface area (Å²) in [7, 11) is 1.44. The molecule has 1 heterocycles. The van der Waals surface area contributed by atoms with Crippen molar-refractivity contribution in [3.8, 4) is 10.6 Å². The molecule has 6 heteroatoms. The van der Waals surface area contributed by atoms with Crippen molar-refractivity contribution in [2.45, 2.75) is 31.6 Å². The van der Waals surface area contributed by atoms with Gasteiger partial charge in [-0.3, -0.25) is 4.79 Å². The fourth-order valence-corrected chi connectivity index (χ4v) is 4.86. The average Bonchev–Trinajstić information content (AvgIpc) is 2.96. The van der Waals surface area contributed by atoms with Gasteiger partial charge in [-0.05, 0) is 53.0 Å². The first kappa shape index (κ1) is 16.6. The lowest BCUT2D eigenvalue weighted by Crippen LogP contribution is -2.27. The summed E-state index contributed by atoms with van der Waals surface area (Å²) in [6.45, 7) is 0. The molecule has 1 fully saturated rings. The normalized spacial score (nSPS) is 21.2. The predicted molar refractivity (Wildman–Crippen MR) is 91.9 cm³/mol. The summed E-state index contributed by atoms with van der Waals surface area (Å²) in [5.41, 5.74) is 1.80. The lowest BCUT2D eigenvalue weighted by molar-refractivity contribution is -0.147. The lowest BCUT2D eigenvalue weighted by Gasteiger charge is -2.28. The number of rotatable bonds is 3. The summed E-state index contributed by atoms with van der Waals surface area (Å²) in [6.07, 6.45) is 3.91. The van der Waals surface area contributed by atoms with E-state index in [-0.39, 0.29) is 23.6 Å². The fourth-order valence-electron chi connectivity index (χ4n) is 3.15. The third kappa shape index (κ3) is 3.48. The van der Waals surface area contributed by atoms with Gasteiger partial charge in [-0.15, -0.1) is 11.3 Å². The molecular formula is C17H17BrFNO2S. The number of aromatic nitrogens is 1. The van der Waals surface area contributed by atoms with Crippen molar-refractivity contribution in [1.29, 1.82) is 0 Å². The summed E-state index contributed by atoms with van der Waals surface area (Å²) in [5, 5.41) is 0.834. The van der Waals surface area contributed by atoms with Crippen LogP contribution in [0.2, 0.25) is 0 Å². The van der Waals surface area contributed by atoms with Crippen LogP contribution in [0.5, 0.6) is 0 Å². The molecule has 1 aromatic heterocycles. The van der Waals surface area contributed by atoms with E-state index < -0.39 is 0 Å².